The first kappa shape index (κ1) is 13.1. The summed E-state index contributed by atoms with van der Waals surface area (Å²) in [6.45, 7) is 3.43. The van der Waals surface area contributed by atoms with E-state index in [1.54, 1.807) is 0 Å². The van der Waals surface area contributed by atoms with Gasteiger partial charge in [0, 0.05) is 10.5 Å². The fraction of sp³-hybridized carbons (Fsp3) is 0.600. The molecule has 1 fully saturated rings. The van der Waals surface area contributed by atoms with E-state index in [0.29, 0.717) is 6.04 Å². The van der Waals surface area contributed by atoms with Crippen molar-refractivity contribution in [3.8, 4) is 0 Å². The zero-order chi connectivity index (χ0) is 12.1. The maximum atomic E-state index is 3.68. The van der Waals surface area contributed by atoms with Crippen LogP contribution in [0.5, 0.6) is 0 Å². The number of benzene rings is 1. The molecule has 1 atom stereocenters. The lowest BCUT2D eigenvalue weighted by Crippen LogP contribution is -2.27. The Bertz CT molecular complexity index is 345. The molecule has 1 aliphatic carbocycles. The van der Waals surface area contributed by atoms with Crippen LogP contribution in [-0.2, 0) is 0 Å². The van der Waals surface area contributed by atoms with Crippen LogP contribution in [0.1, 0.15) is 50.6 Å². The van der Waals surface area contributed by atoms with Gasteiger partial charge in [-0.1, -0.05) is 47.3 Å². The Labute approximate surface area is 113 Å². The normalized spacial score (nSPS) is 19.2. The Kier molecular flexibility index (Phi) is 5.05. The number of hydrogen-bond acceptors (Lipinski definition) is 1. The van der Waals surface area contributed by atoms with E-state index >= 15 is 0 Å². The summed E-state index contributed by atoms with van der Waals surface area (Å²) in [6, 6.07) is 9.05. The van der Waals surface area contributed by atoms with Crippen LogP contribution in [0.4, 0.5) is 0 Å². The summed E-state index contributed by atoms with van der Waals surface area (Å²) >= 11 is 3.53. The van der Waals surface area contributed by atoms with Crippen LogP contribution in [0.2, 0.25) is 0 Å². The second-order valence-corrected chi connectivity index (χ2v) is 6.10. The summed E-state index contributed by atoms with van der Waals surface area (Å²) in [5.74, 6) is 0.901. The lowest BCUT2D eigenvalue weighted by atomic mass is 9.89. The van der Waals surface area contributed by atoms with Crippen molar-refractivity contribution in [2.24, 2.45) is 5.92 Å². The first-order chi connectivity index (χ1) is 8.25. The largest absolute Gasteiger partial charge is 0.310 e. The highest BCUT2D eigenvalue weighted by molar-refractivity contribution is 9.10. The molecule has 94 valence electrons. The summed E-state index contributed by atoms with van der Waals surface area (Å²) in [6.07, 6.45) is 7.13. The molecule has 0 heterocycles. The van der Waals surface area contributed by atoms with Crippen molar-refractivity contribution in [2.75, 3.05) is 6.54 Å². The Morgan fingerprint density at radius 1 is 1.29 bits per heavy atom. The SMILES string of the molecule is CC(NCC1CCCCC1)c1cccc(Br)c1. The minimum Gasteiger partial charge on any atom is -0.310 e. The predicted octanol–water partition coefficient (Wildman–Crippen LogP) is 4.68. The Morgan fingerprint density at radius 2 is 2.06 bits per heavy atom. The van der Waals surface area contributed by atoms with Crippen molar-refractivity contribution in [3.05, 3.63) is 34.3 Å². The van der Waals surface area contributed by atoms with Gasteiger partial charge in [-0.2, -0.15) is 0 Å². The van der Waals surface area contributed by atoms with Crippen molar-refractivity contribution < 1.29 is 0 Å². The van der Waals surface area contributed by atoms with Gasteiger partial charge < -0.3 is 5.32 Å². The minimum atomic E-state index is 0.453. The summed E-state index contributed by atoms with van der Waals surface area (Å²) in [7, 11) is 0. The lowest BCUT2D eigenvalue weighted by molar-refractivity contribution is 0.331. The molecule has 17 heavy (non-hydrogen) atoms. The van der Waals surface area contributed by atoms with Gasteiger partial charge in [0.2, 0.25) is 0 Å². The van der Waals surface area contributed by atoms with Crippen LogP contribution in [0.15, 0.2) is 28.7 Å². The van der Waals surface area contributed by atoms with Crippen molar-refractivity contribution in [1.82, 2.24) is 5.32 Å². The van der Waals surface area contributed by atoms with Crippen LogP contribution in [0.25, 0.3) is 0 Å². The summed E-state index contributed by atoms with van der Waals surface area (Å²) in [5, 5.41) is 3.68. The first-order valence-electron chi connectivity index (χ1n) is 6.74. The topological polar surface area (TPSA) is 12.0 Å². The molecule has 0 amide bonds. The van der Waals surface area contributed by atoms with Crippen molar-refractivity contribution in [1.29, 1.82) is 0 Å². The zero-order valence-electron chi connectivity index (χ0n) is 10.6. The molecule has 1 aliphatic rings. The van der Waals surface area contributed by atoms with Gasteiger partial charge in [0.15, 0.2) is 0 Å². The average Bonchev–Trinajstić information content (AvgIpc) is 2.37. The molecular formula is C15H22BrN. The summed E-state index contributed by atoms with van der Waals surface area (Å²) in [5.41, 5.74) is 1.37. The quantitative estimate of drug-likeness (QED) is 0.850. The summed E-state index contributed by atoms with van der Waals surface area (Å²) < 4.78 is 1.17. The molecule has 2 rings (SSSR count). The van der Waals surface area contributed by atoms with E-state index < -0.39 is 0 Å². The predicted molar refractivity (Wildman–Crippen MR) is 77.1 cm³/mol. The molecule has 0 spiro atoms. The molecule has 1 aromatic carbocycles. The molecule has 1 saturated carbocycles. The van der Waals surface area contributed by atoms with E-state index in [1.807, 2.05) is 0 Å². The van der Waals surface area contributed by atoms with Crippen molar-refractivity contribution in [3.63, 3.8) is 0 Å². The molecule has 2 heteroatoms. The van der Waals surface area contributed by atoms with Crippen LogP contribution in [0.3, 0.4) is 0 Å². The molecule has 0 bridgehead atoms. The van der Waals surface area contributed by atoms with Gasteiger partial charge in [-0.05, 0) is 49.9 Å². The Balaban J connectivity index is 1.82. The molecular weight excluding hydrogens is 274 g/mol. The molecule has 0 aromatic heterocycles. The number of rotatable bonds is 4. The van der Waals surface area contributed by atoms with E-state index in [-0.39, 0.29) is 0 Å². The molecule has 0 saturated heterocycles. The fourth-order valence-electron chi connectivity index (χ4n) is 2.63. The van der Waals surface area contributed by atoms with Gasteiger partial charge in [-0.15, -0.1) is 0 Å². The van der Waals surface area contributed by atoms with E-state index in [9.17, 15) is 0 Å². The van der Waals surface area contributed by atoms with Gasteiger partial charge in [-0.25, -0.2) is 0 Å². The molecule has 1 aromatic rings. The van der Waals surface area contributed by atoms with E-state index in [0.717, 1.165) is 5.92 Å². The van der Waals surface area contributed by atoms with Crippen LogP contribution in [0, 0.1) is 5.92 Å². The smallest absolute Gasteiger partial charge is 0.0292 e. The number of hydrogen-bond donors (Lipinski definition) is 1. The summed E-state index contributed by atoms with van der Waals surface area (Å²) in [4.78, 5) is 0. The van der Waals surface area contributed by atoms with Crippen LogP contribution in [-0.4, -0.2) is 6.54 Å². The highest BCUT2D eigenvalue weighted by Crippen LogP contribution is 2.24. The number of nitrogens with one attached hydrogen (secondary N) is 1. The highest BCUT2D eigenvalue weighted by Gasteiger charge is 2.14. The Morgan fingerprint density at radius 3 is 2.76 bits per heavy atom. The second-order valence-electron chi connectivity index (χ2n) is 5.19. The van der Waals surface area contributed by atoms with Gasteiger partial charge in [0.05, 0.1) is 0 Å². The van der Waals surface area contributed by atoms with Gasteiger partial charge in [0.25, 0.3) is 0 Å². The molecule has 1 unspecified atom stereocenters. The molecule has 1 nitrogen and oxygen atoms in total. The van der Waals surface area contributed by atoms with Crippen LogP contribution < -0.4 is 5.32 Å². The van der Waals surface area contributed by atoms with Gasteiger partial charge in [0.1, 0.15) is 0 Å². The Hall–Kier alpha value is -0.340. The standard InChI is InChI=1S/C15H22BrN/c1-12(14-8-5-9-15(16)10-14)17-11-13-6-3-2-4-7-13/h5,8-10,12-13,17H,2-4,6-7,11H2,1H3. The third-order valence-corrected chi connectivity index (χ3v) is 4.28. The van der Waals surface area contributed by atoms with Crippen molar-refractivity contribution >= 4 is 15.9 Å². The molecule has 0 radical (unpaired) electrons. The third kappa shape index (κ3) is 4.11. The van der Waals surface area contributed by atoms with Crippen LogP contribution >= 0.6 is 15.9 Å². The lowest BCUT2D eigenvalue weighted by Gasteiger charge is -2.24. The van der Waals surface area contributed by atoms with Crippen molar-refractivity contribution in [2.45, 2.75) is 45.1 Å². The highest BCUT2D eigenvalue weighted by atomic mass is 79.9. The maximum Gasteiger partial charge on any atom is 0.0292 e. The van der Waals surface area contributed by atoms with E-state index in [1.165, 1.54) is 48.7 Å². The zero-order valence-corrected chi connectivity index (χ0v) is 12.2. The molecule has 1 N–H and O–H groups in total. The van der Waals surface area contributed by atoms with E-state index in [2.05, 4.69) is 52.4 Å². The third-order valence-electron chi connectivity index (χ3n) is 3.79. The van der Waals surface area contributed by atoms with Gasteiger partial charge >= 0.3 is 0 Å². The van der Waals surface area contributed by atoms with Gasteiger partial charge in [-0.3, -0.25) is 0 Å². The monoisotopic (exact) mass is 295 g/mol. The fourth-order valence-corrected chi connectivity index (χ4v) is 3.05. The maximum absolute atomic E-state index is 3.68. The average molecular weight is 296 g/mol. The van der Waals surface area contributed by atoms with E-state index in [4.69, 9.17) is 0 Å². The molecule has 0 aliphatic heterocycles. The minimum absolute atomic E-state index is 0.453. The second kappa shape index (κ2) is 6.55. The number of halogens is 1. The first-order valence-corrected chi connectivity index (χ1v) is 7.54.